The summed E-state index contributed by atoms with van der Waals surface area (Å²) in [5.41, 5.74) is 2.95. The number of benzene rings is 2. The predicted octanol–water partition coefficient (Wildman–Crippen LogP) is 6.09. The average Bonchev–Trinajstić information content (AvgIpc) is 3.26. The van der Waals surface area contributed by atoms with Gasteiger partial charge in [0.25, 0.3) is 0 Å². The van der Waals surface area contributed by atoms with Gasteiger partial charge in [0, 0.05) is 37.5 Å². The van der Waals surface area contributed by atoms with Crippen molar-refractivity contribution >= 4 is 11.0 Å². The largest absolute Gasteiger partial charge is 0.494 e. The molecule has 2 saturated heterocycles. The molecule has 3 aromatic rings. The summed E-state index contributed by atoms with van der Waals surface area (Å²) >= 11 is 0. The fraction of sp³-hybridized carbons (Fsp3) is 0.552. The monoisotopic (exact) mass is 479 g/mol. The number of aromatic nitrogens is 1. The summed E-state index contributed by atoms with van der Waals surface area (Å²) in [7, 11) is 0. The molecule has 0 saturated carbocycles. The highest BCUT2D eigenvalue weighted by Gasteiger charge is 2.25. The Morgan fingerprint density at radius 2 is 1.74 bits per heavy atom. The van der Waals surface area contributed by atoms with Crippen molar-refractivity contribution in [2.75, 3.05) is 39.3 Å². The first kappa shape index (κ1) is 24.3. The van der Waals surface area contributed by atoms with Gasteiger partial charge >= 0.3 is 0 Å². The molecule has 2 fully saturated rings. The van der Waals surface area contributed by atoms with Crippen molar-refractivity contribution in [3.63, 3.8) is 0 Å². The number of ether oxygens (including phenoxy) is 1. The zero-order chi connectivity index (χ0) is 24.2. The molecule has 3 heterocycles. The van der Waals surface area contributed by atoms with Gasteiger partial charge < -0.3 is 14.2 Å². The van der Waals surface area contributed by atoms with Crippen LogP contribution in [0.25, 0.3) is 11.0 Å². The van der Waals surface area contributed by atoms with Crippen molar-refractivity contribution in [3.8, 4) is 5.75 Å². The van der Waals surface area contributed by atoms with Gasteiger partial charge in [0.1, 0.15) is 11.6 Å². The molecule has 35 heavy (non-hydrogen) atoms. The van der Waals surface area contributed by atoms with Gasteiger partial charge in [0.2, 0.25) is 0 Å². The fourth-order valence-corrected chi connectivity index (χ4v) is 6.00. The lowest BCUT2D eigenvalue weighted by atomic mass is 9.91. The molecule has 2 unspecified atom stereocenters. The number of likely N-dealkylation sites (tertiary alicyclic amines) is 2. The highest BCUT2D eigenvalue weighted by molar-refractivity contribution is 5.79. The van der Waals surface area contributed by atoms with Gasteiger partial charge in [-0.2, -0.15) is 0 Å². The quantitative estimate of drug-likeness (QED) is 0.366. The second-order valence-corrected chi connectivity index (χ2v) is 10.8. The van der Waals surface area contributed by atoms with Crippen molar-refractivity contribution in [1.29, 1.82) is 0 Å². The molecule has 0 N–H and O–H groups in total. The predicted molar refractivity (Wildman–Crippen MR) is 137 cm³/mol. The van der Waals surface area contributed by atoms with Crippen molar-refractivity contribution in [2.24, 2.45) is 11.8 Å². The first-order chi connectivity index (χ1) is 17.0. The maximum Gasteiger partial charge on any atom is 0.167 e. The van der Waals surface area contributed by atoms with Crippen LogP contribution in [0.1, 0.15) is 56.7 Å². The Kier molecular flexibility index (Phi) is 7.69. The number of piperidine rings is 2. The number of hydrogen-bond donors (Lipinski definition) is 0. The Bertz CT molecular complexity index is 1080. The van der Waals surface area contributed by atoms with Crippen molar-refractivity contribution in [3.05, 3.63) is 59.5 Å². The van der Waals surface area contributed by atoms with E-state index in [-0.39, 0.29) is 5.82 Å². The van der Waals surface area contributed by atoms with E-state index < -0.39 is 0 Å². The van der Waals surface area contributed by atoms with Crippen LogP contribution in [0, 0.1) is 17.7 Å². The van der Waals surface area contributed by atoms with Crippen LogP contribution in [-0.4, -0.2) is 54.3 Å². The minimum Gasteiger partial charge on any atom is -0.494 e. The van der Waals surface area contributed by atoms with E-state index in [1.807, 2.05) is 0 Å². The van der Waals surface area contributed by atoms with E-state index in [4.69, 9.17) is 9.26 Å². The Morgan fingerprint density at radius 3 is 2.49 bits per heavy atom. The molecule has 1 aromatic heterocycles. The standard InChI is InChI=1S/C29H38FN3O2/c1-21-16-22(2)19-33(18-21)20-23-4-7-26(8-5-23)34-15-3-12-32-13-10-24(11-14-32)29-27-17-25(30)6-9-28(27)35-31-29/h4-9,17,21-22,24H,3,10-16,18-20H2,1-2H3. The summed E-state index contributed by atoms with van der Waals surface area (Å²) in [5, 5.41) is 5.08. The first-order valence-electron chi connectivity index (χ1n) is 13.2. The summed E-state index contributed by atoms with van der Waals surface area (Å²) in [4.78, 5) is 5.08. The molecule has 0 aliphatic carbocycles. The Labute approximate surface area is 208 Å². The van der Waals surface area contributed by atoms with E-state index in [9.17, 15) is 4.39 Å². The Hall–Kier alpha value is -2.44. The third-order valence-electron chi connectivity index (χ3n) is 7.60. The molecule has 5 nitrogen and oxygen atoms in total. The molecule has 2 aliphatic rings. The molecule has 0 radical (unpaired) electrons. The molecule has 188 valence electrons. The maximum absolute atomic E-state index is 13.7. The van der Waals surface area contributed by atoms with Crippen molar-refractivity contribution < 1.29 is 13.7 Å². The van der Waals surface area contributed by atoms with E-state index in [0.717, 1.165) is 80.7 Å². The van der Waals surface area contributed by atoms with Crippen LogP contribution in [0.3, 0.4) is 0 Å². The van der Waals surface area contributed by atoms with Gasteiger partial charge in [-0.1, -0.05) is 31.1 Å². The van der Waals surface area contributed by atoms with Crippen LogP contribution in [0.5, 0.6) is 5.75 Å². The van der Waals surface area contributed by atoms with Gasteiger partial charge in [-0.05, 0) is 86.5 Å². The smallest absolute Gasteiger partial charge is 0.167 e. The molecule has 0 bridgehead atoms. The second-order valence-electron chi connectivity index (χ2n) is 10.8. The average molecular weight is 480 g/mol. The van der Waals surface area contributed by atoms with Gasteiger partial charge in [-0.15, -0.1) is 0 Å². The lowest BCUT2D eigenvalue weighted by molar-refractivity contribution is 0.134. The van der Waals surface area contributed by atoms with Gasteiger partial charge in [0.05, 0.1) is 12.3 Å². The highest BCUT2D eigenvalue weighted by atomic mass is 19.1. The van der Waals surface area contributed by atoms with E-state index in [1.165, 1.54) is 31.1 Å². The van der Waals surface area contributed by atoms with E-state index in [0.29, 0.717) is 11.5 Å². The summed E-state index contributed by atoms with van der Waals surface area (Å²) in [6, 6.07) is 13.3. The normalized spacial score (nSPS) is 22.6. The molecule has 5 rings (SSSR count). The Balaban J connectivity index is 1.02. The van der Waals surface area contributed by atoms with Crippen molar-refractivity contribution in [2.45, 2.75) is 52.0 Å². The highest BCUT2D eigenvalue weighted by Crippen LogP contribution is 2.33. The first-order valence-corrected chi connectivity index (χ1v) is 13.2. The van der Waals surface area contributed by atoms with Crippen LogP contribution >= 0.6 is 0 Å². The van der Waals surface area contributed by atoms with Gasteiger partial charge in [0.15, 0.2) is 5.58 Å². The van der Waals surface area contributed by atoms with E-state index in [1.54, 1.807) is 12.1 Å². The van der Waals surface area contributed by atoms with E-state index >= 15 is 0 Å². The third kappa shape index (κ3) is 6.22. The topological polar surface area (TPSA) is 41.7 Å². The van der Waals surface area contributed by atoms with Crippen molar-refractivity contribution in [1.82, 2.24) is 15.0 Å². The second kappa shape index (κ2) is 11.1. The zero-order valence-corrected chi connectivity index (χ0v) is 21.1. The maximum atomic E-state index is 13.7. The molecule has 2 atom stereocenters. The molecule has 0 spiro atoms. The number of rotatable bonds is 8. The summed E-state index contributed by atoms with van der Waals surface area (Å²) in [6.07, 6.45) is 4.40. The molecular formula is C29H38FN3O2. The molecule has 6 heteroatoms. The van der Waals surface area contributed by atoms with Crippen LogP contribution in [0.2, 0.25) is 0 Å². The summed E-state index contributed by atoms with van der Waals surface area (Å²) < 4.78 is 25.1. The summed E-state index contributed by atoms with van der Waals surface area (Å²) in [5.74, 6) is 2.64. The molecule has 2 aromatic carbocycles. The van der Waals surface area contributed by atoms with Gasteiger partial charge in [-0.3, -0.25) is 4.90 Å². The van der Waals surface area contributed by atoms with Gasteiger partial charge in [-0.25, -0.2) is 4.39 Å². The van der Waals surface area contributed by atoms with E-state index in [2.05, 4.69) is 53.1 Å². The van der Waals surface area contributed by atoms with Crippen LogP contribution in [-0.2, 0) is 6.54 Å². The molecule has 0 amide bonds. The molecular weight excluding hydrogens is 441 g/mol. The number of fused-ring (bicyclic) bond motifs is 1. The molecule has 2 aliphatic heterocycles. The summed E-state index contributed by atoms with van der Waals surface area (Å²) in [6.45, 7) is 12.0. The van der Waals surface area contributed by atoms with Crippen LogP contribution < -0.4 is 4.74 Å². The van der Waals surface area contributed by atoms with Crippen LogP contribution in [0.15, 0.2) is 47.0 Å². The number of nitrogens with zero attached hydrogens (tertiary/aromatic N) is 3. The lowest BCUT2D eigenvalue weighted by Gasteiger charge is -2.35. The van der Waals surface area contributed by atoms with Crippen LogP contribution in [0.4, 0.5) is 4.39 Å². The minimum absolute atomic E-state index is 0.236. The minimum atomic E-state index is -0.236. The number of halogens is 1. The SMILES string of the molecule is CC1CC(C)CN(Cc2ccc(OCCCN3CCC(c4noc5ccc(F)cc45)CC3)cc2)C1. The third-order valence-corrected chi connectivity index (χ3v) is 7.60. The fourth-order valence-electron chi connectivity index (χ4n) is 6.00. The number of hydrogen-bond acceptors (Lipinski definition) is 5. The Morgan fingerprint density at radius 1 is 1.00 bits per heavy atom. The lowest BCUT2D eigenvalue weighted by Crippen LogP contribution is -2.38. The zero-order valence-electron chi connectivity index (χ0n) is 21.1.